The molecular formula is C15H18N2O5. The smallest absolute Gasteiger partial charge is 0.325 e. The monoisotopic (exact) mass is 306 g/mol. The molecular weight excluding hydrogens is 288 g/mol. The molecule has 22 heavy (non-hydrogen) atoms. The van der Waals surface area contributed by atoms with Crippen molar-refractivity contribution >= 4 is 23.7 Å². The summed E-state index contributed by atoms with van der Waals surface area (Å²) in [5, 5.41) is 11.0. The van der Waals surface area contributed by atoms with Crippen LogP contribution in [0.1, 0.15) is 19.8 Å². The SMILES string of the molecule is CC(NC(=O)CCN1C(=O)C2C3C=CC(C3)C2C1=O)C(=O)O. The molecule has 0 aromatic heterocycles. The number of amides is 3. The lowest BCUT2D eigenvalue weighted by atomic mass is 9.85. The summed E-state index contributed by atoms with van der Waals surface area (Å²) in [4.78, 5) is 48.3. The summed E-state index contributed by atoms with van der Waals surface area (Å²) in [5.74, 6) is -2.20. The Balaban J connectivity index is 1.58. The number of imide groups is 1. The number of hydrogen-bond acceptors (Lipinski definition) is 4. The van der Waals surface area contributed by atoms with Crippen molar-refractivity contribution in [3.05, 3.63) is 12.2 Å². The third-order valence-electron chi connectivity index (χ3n) is 4.87. The van der Waals surface area contributed by atoms with Crippen LogP contribution in [0.15, 0.2) is 12.2 Å². The fourth-order valence-electron chi connectivity index (χ4n) is 3.77. The predicted molar refractivity (Wildman–Crippen MR) is 74.3 cm³/mol. The van der Waals surface area contributed by atoms with Crippen molar-refractivity contribution in [2.75, 3.05) is 6.54 Å². The lowest BCUT2D eigenvalue weighted by Crippen LogP contribution is -2.41. The fourth-order valence-corrected chi connectivity index (χ4v) is 3.77. The zero-order chi connectivity index (χ0) is 16.0. The minimum atomic E-state index is -1.13. The largest absolute Gasteiger partial charge is 0.480 e. The Morgan fingerprint density at radius 3 is 2.32 bits per heavy atom. The van der Waals surface area contributed by atoms with Gasteiger partial charge in [0.1, 0.15) is 6.04 Å². The molecule has 2 bridgehead atoms. The Kier molecular flexibility index (Phi) is 3.50. The van der Waals surface area contributed by atoms with Gasteiger partial charge in [-0.15, -0.1) is 0 Å². The van der Waals surface area contributed by atoms with E-state index in [1.165, 1.54) is 11.8 Å². The van der Waals surface area contributed by atoms with E-state index in [-0.39, 0.29) is 48.5 Å². The minimum Gasteiger partial charge on any atom is -0.480 e. The van der Waals surface area contributed by atoms with Gasteiger partial charge in [-0.2, -0.15) is 0 Å². The first-order valence-electron chi connectivity index (χ1n) is 7.46. The lowest BCUT2D eigenvalue weighted by Gasteiger charge is -2.17. The average Bonchev–Trinajstić information content (AvgIpc) is 3.12. The number of carbonyl (C=O) groups is 4. The van der Waals surface area contributed by atoms with Crippen molar-refractivity contribution in [2.24, 2.45) is 23.7 Å². The quantitative estimate of drug-likeness (QED) is 0.539. The van der Waals surface area contributed by atoms with E-state index in [1.807, 2.05) is 12.2 Å². The predicted octanol–water partition coefficient (Wildman–Crippen LogP) is -0.227. The van der Waals surface area contributed by atoms with Crippen LogP contribution in [0, 0.1) is 23.7 Å². The van der Waals surface area contributed by atoms with Crippen LogP contribution in [0.3, 0.4) is 0 Å². The number of hydrogen-bond donors (Lipinski definition) is 2. The molecule has 1 saturated heterocycles. The van der Waals surface area contributed by atoms with E-state index in [0.717, 1.165) is 6.42 Å². The molecule has 0 aromatic rings. The summed E-state index contributed by atoms with van der Waals surface area (Å²) < 4.78 is 0. The topological polar surface area (TPSA) is 104 Å². The van der Waals surface area contributed by atoms with E-state index in [2.05, 4.69) is 5.32 Å². The van der Waals surface area contributed by atoms with Crippen molar-refractivity contribution in [3.8, 4) is 0 Å². The first-order valence-corrected chi connectivity index (χ1v) is 7.46. The number of nitrogens with one attached hydrogen (secondary N) is 1. The summed E-state index contributed by atoms with van der Waals surface area (Å²) in [5.41, 5.74) is 0. The second kappa shape index (κ2) is 5.23. The Morgan fingerprint density at radius 2 is 1.82 bits per heavy atom. The van der Waals surface area contributed by atoms with Crippen LogP contribution in [-0.4, -0.2) is 46.3 Å². The van der Waals surface area contributed by atoms with Crippen LogP contribution in [0.5, 0.6) is 0 Å². The molecule has 5 atom stereocenters. The zero-order valence-electron chi connectivity index (χ0n) is 12.2. The Hall–Kier alpha value is -2.18. The van der Waals surface area contributed by atoms with Gasteiger partial charge in [-0.25, -0.2) is 0 Å². The van der Waals surface area contributed by atoms with Gasteiger partial charge in [-0.3, -0.25) is 24.1 Å². The number of likely N-dealkylation sites (tertiary alicyclic amines) is 1. The number of fused-ring (bicyclic) bond motifs is 5. The highest BCUT2D eigenvalue weighted by molar-refractivity contribution is 6.06. The molecule has 0 radical (unpaired) electrons. The Morgan fingerprint density at radius 1 is 1.27 bits per heavy atom. The van der Waals surface area contributed by atoms with Crippen molar-refractivity contribution in [1.29, 1.82) is 0 Å². The van der Waals surface area contributed by atoms with Gasteiger partial charge in [0.05, 0.1) is 11.8 Å². The molecule has 1 saturated carbocycles. The number of carboxylic acid groups (broad SMARTS) is 1. The zero-order valence-corrected chi connectivity index (χ0v) is 12.2. The number of nitrogens with zero attached hydrogens (tertiary/aromatic N) is 1. The highest BCUT2D eigenvalue weighted by Gasteiger charge is 2.58. The Bertz CT molecular complexity index is 554. The molecule has 5 unspecified atom stereocenters. The van der Waals surface area contributed by atoms with Crippen molar-refractivity contribution in [2.45, 2.75) is 25.8 Å². The standard InChI is InChI=1S/C15H18N2O5/c1-7(15(21)22)16-10(18)4-5-17-13(19)11-8-2-3-9(6-8)12(11)14(17)20/h2-3,7-9,11-12H,4-6H2,1H3,(H,16,18)(H,21,22). The van der Waals surface area contributed by atoms with Crippen LogP contribution in [0.25, 0.3) is 0 Å². The normalized spacial score (nSPS) is 33.2. The molecule has 2 aliphatic carbocycles. The number of rotatable bonds is 5. The van der Waals surface area contributed by atoms with Crippen molar-refractivity contribution in [3.63, 3.8) is 0 Å². The molecule has 7 heteroatoms. The van der Waals surface area contributed by atoms with Gasteiger partial charge >= 0.3 is 5.97 Å². The number of aliphatic carboxylic acids is 1. The van der Waals surface area contributed by atoms with Crippen molar-refractivity contribution in [1.82, 2.24) is 10.2 Å². The van der Waals surface area contributed by atoms with E-state index in [0.29, 0.717) is 0 Å². The summed E-state index contributed by atoms with van der Waals surface area (Å²) in [7, 11) is 0. The molecule has 3 rings (SSSR count). The highest BCUT2D eigenvalue weighted by Crippen LogP contribution is 2.52. The van der Waals surface area contributed by atoms with E-state index in [4.69, 9.17) is 5.11 Å². The van der Waals surface area contributed by atoms with Gasteiger partial charge in [-0.05, 0) is 25.2 Å². The van der Waals surface area contributed by atoms with E-state index >= 15 is 0 Å². The van der Waals surface area contributed by atoms with Crippen molar-refractivity contribution < 1.29 is 24.3 Å². The highest BCUT2D eigenvalue weighted by atomic mass is 16.4. The van der Waals surface area contributed by atoms with E-state index in [1.54, 1.807) is 0 Å². The molecule has 0 spiro atoms. The summed E-state index contributed by atoms with van der Waals surface area (Å²) >= 11 is 0. The third kappa shape index (κ3) is 2.20. The number of allylic oxidation sites excluding steroid dienone is 2. The third-order valence-corrected chi connectivity index (χ3v) is 4.87. The first-order chi connectivity index (χ1) is 10.4. The van der Waals surface area contributed by atoms with Gasteiger partial charge in [0.15, 0.2) is 0 Å². The van der Waals surface area contributed by atoms with Crippen LogP contribution in [0.4, 0.5) is 0 Å². The van der Waals surface area contributed by atoms with Crippen LogP contribution in [-0.2, 0) is 19.2 Å². The van der Waals surface area contributed by atoms with Crippen LogP contribution < -0.4 is 5.32 Å². The van der Waals surface area contributed by atoms with Gasteiger partial charge in [-0.1, -0.05) is 12.2 Å². The molecule has 2 fully saturated rings. The molecule has 1 aliphatic heterocycles. The van der Waals surface area contributed by atoms with E-state index in [9.17, 15) is 19.2 Å². The molecule has 1 heterocycles. The summed E-state index contributed by atoms with van der Waals surface area (Å²) in [6.07, 6.45) is 4.83. The van der Waals surface area contributed by atoms with E-state index < -0.39 is 17.9 Å². The molecule has 0 aromatic carbocycles. The summed E-state index contributed by atoms with van der Waals surface area (Å²) in [6.45, 7) is 1.38. The lowest BCUT2D eigenvalue weighted by molar-refractivity contribution is -0.143. The maximum Gasteiger partial charge on any atom is 0.325 e. The molecule has 118 valence electrons. The average molecular weight is 306 g/mol. The van der Waals surface area contributed by atoms with Crippen LogP contribution in [0.2, 0.25) is 0 Å². The number of carbonyl (C=O) groups excluding carboxylic acids is 3. The minimum absolute atomic E-state index is 0.0161. The maximum absolute atomic E-state index is 12.4. The Labute approximate surface area is 127 Å². The summed E-state index contributed by atoms with van der Waals surface area (Å²) in [6, 6.07) is -0.989. The maximum atomic E-state index is 12.4. The van der Waals surface area contributed by atoms with Gasteiger partial charge < -0.3 is 10.4 Å². The molecule has 3 aliphatic rings. The van der Waals surface area contributed by atoms with Gasteiger partial charge in [0.2, 0.25) is 17.7 Å². The fraction of sp³-hybridized carbons (Fsp3) is 0.600. The number of carboxylic acids is 1. The van der Waals surface area contributed by atoms with Crippen LogP contribution >= 0.6 is 0 Å². The van der Waals surface area contributed by atoms with Gasteiger partial charge in [0.25, 0.3) is 0 Å². The van der Waals surface area contributed by atoms with Gasteiger partial charge in [0, 0.05) is 13.0 Å². The second-order valence-corrected chi connectivity index (χ2v) is 6.21. The molecule has 3 amide bonds. The first kappa shape index (κ1) is 14.7. The molecule has 7 nitrogen and oxygen atoms in total. The molecule has 2 N–H and O–H groups in total. The second-order valence-electron chi connectivity index (χ2n) is 6.21.